The zero-order valence-electron chi connectivity index (χ0n) is 18.3. The van der Waals surface area contributed by atoms with Crippen molar-refractivity contribution in [2.75, 3.05) is 26.1 Å². The van der Waals surface area contributed by atoms with E-state index < -0.39 is 5.97 Å². The lowest BCUT2D eigenvalue weighted by Crippen LogP contribution is -2.34. The topological polar surface area (TPSA) is 81.3 Å². The molecule has 7 heteroatoms. The molecule has 164 valence electrons. The Morgan fingerprint density at radius 2 is 1.71 bits per heavy atom. The third-order valence-electron chi connectivity index (χ3n) is 5.64. The van der Waals surface area contributed by atoms with Gasteiger partial charge < -0.3 is 15.4 Å². The van der Waals surface area contributed by atoms with Crippen LogP contribution in [0.15, 0.2) is 42.5 Å². The first-order valence-electron chi connectivity index (χ1n) is 10.5. The first-order chi connectivity index (χ1) is 15.1. The Labute approximate surface area is 182 Å². The van der Waals surface area contributed by atoms with Gasteiger partial charge in [0.1, 0.15) is 11.5 Å². The summed E-state index contributed by atoms with van der Waals surface area (Å²) in [6.07, 6.45) is 5.90. The average molecular weight is 425 g/mol. The van der Waals surface area contributed by atoms with E-state index in [-0.39, 0.29) is 5.82 Å². The minimum absolute atomic E-state index is 0.285. The number of aromatic nitrogens is 2. The van der Waals surface area contributed by atoms with Gasteiger partial charge in [-0.05, 0) is 62.4 Å². The molecule has 1 aromatic heterocycles. The lowest BCUT2D eigenvalue weighted by atomic mass is 9.94. The largest absolute Gasteiger partial charge is 0.465 e. The predicted molar refractivity (Wildman–Crippen MR) is 122 cm³/mol. The molecule has 0 atom stereocenters. The van der Waals surface area contributed by atoms with Crippen LogP contribution in [0.3, 0.4) is 0 Å². The summed E-state index contributed by atoms with van der Waals surface area (Å²) >= 11 is 0. The number of nitrogens with two attached hydrogens (primary N) is 1. The fraction of sp³-hybridized carbons (Fsp3) is 0.375. The maximum atomic E-state index is 13.5. The van der Waals surface area contributed by atoms with Gasteiger partial charge in [-0.25, -0.2) is 19.2 Å². The van der Waals surface area contributed by atoms with E-state index >= 15 is 0 Å². The highest BCUT2D eigenvalue weighted by molar-refractivity contribution is 5.94. The standard InChI is InChI=1S/C23H24FN3O2.CH5N/c1-27(18-6-4-3-5-7-18)22-21(15-8-11-17(24)12-9-15)25-19-13-10-16(23(28)29-2)14-20(19)26-22;1-2/h8-14,18H,3-7H2,1-2H3;2H2,1H3. The van der Waals surface area contributed by atoms with Crippen molar-refractivity contribution >= 4 is 22.8 Å². The maximum absolute atomic E-state index is 13.5. The van der Waals surface area contributed by atoms with Crippen LogP contribution in [0.2, 0.25) is 0 Å². The van der Waals surface area contributed by atoms with E-state index in [0.717, 1.165) is 29.9 Å². The van der Waals surface area contributed by atoms with Crippen molar-refractivity contribution in [3.05, 3.63) is 53.8 Å². The van der Waals surface area contributed by atoms with E-state index in [2.05, 4.69) is 10.6 Å². The molecule has 1 aliphatic rings. The van der Waals surface area contributed by atoms with Gasteiger partial charge >= 0.3 is 5.97 Å². The van der Waals surface area contributed by atoms with Crippen LogP contribution in [0.4, 0.5) is 10.2 Å². The number of halogens is 1. The van der Waals surface area contributed by atoms with Gasteiger partial charge in [0.05, 0.1) is 23.7 Å². The molecule has 0 saturated heterocycles. The summed E-state index contributed by atoms with van der Waals surface area (Å²) < 4.78 is 18.3. The van der Waals surface area contributed by atoms with Crippen molar-refractivity contribution in [3.63, 3.8) is 0 Å². The Kier molecular flexibility index (Phi) is 7.52. The van der Waals surface area contributed by atoms with Crippen LogP contribution >= 0.6 is 0 Å². The Morgan fingerprint density at radius 1 is 1.03 bits per heavy atom. The van der Waals surface area contributed by atoms with Crippen molar-refractivity contribution in [3.8, 4) is 11.3 Å². The number of hydrogen-bond acceptors (Lipinski definition) is 6. The molecule has 2 aromatic carbocycles. The van der Waals surface area contributed by atoms with Crippen LogP contribution in [0.5, 0.6) is 0 Å². The fourth-order valence-electron chi connectivity index (χ4n) is 3.98. The number of ether oxygens (including phenoxy) is 1. The number of esters is 1. The molecule has 0 amide bonds. The Balaban J connectivity index is 0.00000132. The highest BCUT2D eigenvalue weighted by atomic mass is 19.1. The van der Waals surface area contributed by atoms with E-state index in [1.54, 1.807) is 30.3 Å². The second kappa shape index (κ2) is 10.3. The van der Waals surface area contributed by atoms with E-state index in [0.29, 0.717) is 22.6 Å². The number of benzene rings is 2. The molecule has 3 aromatic rings. The van der Waals surface area contributed by atoms with Crippen LogP contribution in [0.25, 0.3) is 22.3 Å². The first-order valence-corrected chi connectivity index (χ1v) is 10.5. The van der Waals surface area contributed by atoms with Crippen LogP contribution in [0.1, 0.15) is 42.5 Å². The van der Waals surface area contributed by atoms with Gasteiger partial charge in [-0.2, -0.15) is 0 Å². The van der Waals surface area contributed by atoms with Crippen molar-refractivity contribution in [1.29, 1.82) is 0 Å². The van der Waals surface area contributed by atoms with Gasteiger partial charge in [0, 0.05) is 18.7 Å². The average Bonchev–Trinajstić information content (AvgIpc) is 2.84. The number of anilines is 1. The molecule has 0 unspecified atom stereocenters. The minimum Gasteiger partial charge on any atom is -0.465 e. The molecular weight excluding hydrogens is 395 g/mol. The van der Waals surface area contributed by atoms with Crippen molar-refractivity contribution in [2.24, 2.45) is 5.73 Å². The normalized spacial score (nSPS) is 14.0. The lowest BCUT2D eigenvalue weighted by molar-refractivity contribution is 0.0601. The van der Waals surface area contributed by atoms with Crippen LogP contribution in [0, 0.1) is 5.82 Å². The Morgan fingerprint density at radius 3 is 2.35 bits per heavy atom. The molecular formula is C24H29FN4O2. The predicted octanol–water partition coefficient (Wildman–Crippen LogP) is 4.57. The SMILES string of the molecule is CN.COC(=O)c1ccc2nc(-c3ccc(F)cc3)c(N(C)C3CCCCC3)nc2c1. The van der Waals surface area contributed by atoms with E-state index in [9.17, 15) is 9.18 Å². The molecule has 0 bridgehead atoms. The first kappa shape index (κ1) is 22.6. The zero-order valence-corrected chi connectivity index (χ0v) is 18.3. The number of carbonyl (C=O) groups excluding carboxylic acids is 1. The van der Waals surface area contributed by atoms with Crippen molar-refractivity contribution in [2.45, 2.75) is 38.1 Å². The molecule has 1 fully saturated rings. The summed E-state index contributed by atoms with van der Waals surface area (Å²) in [6.45, 7) is 0. The molecule has 0 spiro atoms. The van der Waals surface area contributed by atoms with Gasteiger partial charge in [-0.15, -0.1) is 0 Å². The van der Waals surface area contributed by atoms with Crippen LogP contribution in [-0.4, -0.2) is 43.2 Å². The zero-order chi connectivity index (χ0) is 22.4. The monoisotopic (exact) mass is 424 g/mol. The second-order valence-corrected chi connectivity index (χ2v) is 7.50. The number of fused-ring (bicyclic) bond motifs is 1. The summed E-state index contributed by atoms with van der Waals surface area (Å²) in [5.41, 5.74) is 7.79. The number of rotatable bonds is 4. The molecule has 4 rings (SSSR count). The van der Waals surface area contributed by atoms with E-state index in [4.69, 9.17) is 14.7 Å². The highest BCUT2D eigenvalue weighted by Gasteiger charge is 2.23. The summed E-state index contributed by atoms with van der Waals surface area (Å²) in [7, 11) is 4.90. The van der Waals surface area contributed by atoms with Gasteiger partial charge in [-0.1, -0.05) is 19.3 Å². The molecule has 2 N–H and O–H groups in total. The van der Waals surface area contributed by atoms with Crippen LogP contribution < -0.4 is 10.6 Å². The maximum Gasteiger partial charge on any atom is 0.337 e. The minimum atomic E-state index is -0.404. The summed E-state index contributed by atoms with van der Waals surface area (Å²) in [5.74, 6) is 0.0592. The number of hydrogen-bond donors (Lipinski definition) is 1. The van der Waals surface area contributed by atoms with Crippen molar-refractivity contribution in [1.82, 2.24) is 9.97 Å². The third kappa shape index (κ3) is 4.99. The van der Waals surface area contributed by atoms with E-state index in [1.165, 1.54) is 45.6 Å². The third-order valence-corrected chi connectivity index (χ3v) is 5.64. The van der Waals surface area contributed by atoms with Gasteiger partial charge in [0.2, 0.25) is 0 Å². The molecule has 1 aliphatic carbocycles. The highest BCUT2D eigenvalue weighted by Crippen LogP contribution is 2.33. The van der Waals surface area contributed by atoms with E-state index in [1.807, 2.05) is 7.05 Å². The Hall–Kier alpha value is -3.06. The van der Waals surface area contributed by atoms with Crippen molar-refractivity contribution < 1.29 is 13.9 Å². The quantitative estimate of drug-likeness (QED) is 0.618. The number of carbonyl (C=O) groups is 1. The molecule has 1 saturated carbocycles. The lowest BCUT2D eigenvalue weighted by Gasteiger charge is -2.33. The molecule has 0 radical (unpaired) electrons. The second-order valence-electron chi connectivity index (χ2n) is 7.50. The molecule has 31 heavy (non-hydrogen) atoms. The summed E-state index contributed by atoms with van der Waals surface area (Å²) in [4.78, 5) is 23.8. The van der Waals surface area contributed by atoms with Gasteiger partial charge in [0.15, 0.2) is 5.82 Å². The smallest absolute Gasteiger partial charge is 0.337 e. The summed E-state index contributed by atoms with van der Waals surface area (Å²) in [5, 5.41) is 0. The van der Waals surface area contributed by atoms with Gasteiger partial charge in [0.25, 0.3) is 0 Å². The molecule has 0 aliphatic heterocycles. The molecule has 1 heterocycles. The Bertz CT molecular complexity index is 1030. The number of nitrogens with zero attached hydrogens (tertiary/aromatic N) is 3. The van der Waals surface area contributed by atoms with Gasteiger partial charge in [-0.3, -0.25) is 0 Å². The van der Waals surface area contributed by atoms with Crippen LogP contribution in [-0.2, 0) is 4.74 Å². The molecule has 6 nitrogen and oxygen atoms in total. The fourth-order valence-corrected chi connectivity index (χ4v) is 3.98. The number of methoxy groups -OCH3 is 1. The summed E-state index contributed by atoms with van der Waals surface area (Å²) in [6, 6.07) is 11.9.